The zero-order chi connectivity index (χ0) is 19.1. The van der Waals surface area contributed by atoms with Gasteiger partial charge < -0.3 is 9.84 Å². The lowest BCUT2D eigenvalue weighted by atomic mass is 10.0. The summed E-state index contributed by atoms with van der Waals surface area (Å²) in [6, 6.07) is 14.2. The topological polar surface area (TPSA) is 53.0 Å². The molecule has 1 aliphatic rings. The minimum absolute atomic E-state index is 0.0287. The third-order valence-corrected chi connectivity index (χ3v) is 5.03. The van der Waals surface area contributed by atoms with Crippen LogP contribution in [0, 0.1) is 0 Å². The molecule has 27 heavy (non-hydrogen) atoms. The second-order valence-electron chi connectivity index (χ2n) is 6.62. The molecule has 0 aliphatic carbocycles. The highest BCUT2D eigenvalue weighted by Crippen LogP contribution is 2.17. The molecule has 6 heteroatoms. The molecular formula is C21H25ClN2O3. The van der Waals surface area contributed by atoms with Gasteiger partial charge in [-0.1, -0.05) is 11.6 Å². The van der Waals surface area contributed by atoms with Gasteiger partial charge in [0, 0.05) is 55.4 Å². The van der Waals surface area contributed by atoms with Gasteiger partial charge in [0.1, 0.15) is 12.4 Å². The van der Waals surface area contributed by atoms with Gasteiger partial charge in [0.2, 0.25) is 0 Å². The number of carbonyl (C=O) groups is 1. The first kappa shape index (κ1) is 19.8. The second-order valence-corrected chi connectivity index (χ2v) is 7.05. The Morgan fingerprint density at radius 1 is 0.889 bits per heavy atom. The van der Waals surface area contributed by atoms with Crippen LogP contribution < -0.4 is 4.74 Å². The number of halogens is 1. The van der Waals surface area contributed by atoms with E-state index in [9.17, 15) is 4.79 Å². The number of piperazine rings is 1. The molecule has 144 valence electrons. The number of ether oxygens (including phenoxy) is 1. The van der Waals surface area contributed by atoms with Gasteiger partial charge >= 0.3 is 0 Å². The average Bonchev–Trinajstić information content (AvgIpc) is 2.70. The molecule has 2 aromatic rings. The number of ketones is 1. The van der Waals surface area contributed by atoms with Crippen LogP contribution in [-0.4, -0.2) is 73.2 Å². The smallest absolute Gasteiger partial charge is 0.193 e. The number of hydrogen-bond donors (Lipinski definition) is 1. The van der Waals surface area contributed by atoms with Gasteiger partial charge in [-0.25, -0.2) is 0 Å². The largest absolute Gasteiger partial charge is 0.492 e. The van der Waals surface area contributed by atoms with Crippen LogP contribution in [0.1, 0.15) is 15.9 Å². The number of rotatable bonds is 8. The molecule has 0 spiro atoms. The SMILES string of the molecule is O=C(c1ccc(Cl)cc1)c1ccc(OCCN2CCN(CCO)CC2)cc1. The van der Waals surface area contributed by atoms with E-state index < -0.39 is 0 Å². The zero-order valence-electron chi connectivity index (χ0n) is 15.3. The van der Waals surface area contributed by atoms with Gasteiger partial charge in [-0.3, -0.25) is 14.6 Å². The first-order valence-electron chi connectivity index (χ1n) is 9.24. The van der Waals surface area contributed by atoms with Crippen LogP contribution in [0.2, 0.25) is 5.02 Å². The summed E-state index contributed by atoms with van der Waals surface area (Å²) >= 11 is 5.87. The summed E-state index contributed by atoms with van der Waals surface area (Å²) in [6.07, 6.45) is 0. The van der Waals surface area contributed by atoms with Crippen molar-refractivity contribution < 1.29 is 14.6 Å². The predicted molar refractivity (Wildman–Crippen MR) is 107 cm³/mol. The van der Waals surface area contributed by atoms with Gasteiger partial charge in [0.15, 0.2) is 5.78 Å². The normalized spacial score (nSPS) is 15.6. The van der Waals surface area contributed by atoms with E-state index >= 15 is 0 Å². The lowest BCUT2D eigenvalue weighted by Crippen LogP contribution is -2.48. The molecule has 0 unspecified atom stereocenters. The zero-order valence-corrected chi connectivity index (χ0v) is 16.1. The van der Waals surface area contributed by atoms with Crippen LogP contribution >= 0.6 is 11.6 Å². The lowest BCUT2D eigenvalue weighted by molar-refractivity contribution is 0.101. The van der Waals surface area contributed by atoms with Crippen molar-refractivity contribution in [3.8, 4) is 5.75 Å². The summed E-state index contributed by atoms with van der Waals surface area (Å²) in [7, 11) is 0. The monoisotopic (exact) mass is 388 g/mol. The lowest BCUT2D eigenvalue weighted by Gasteiger charge is -2.34. The van der Waals surface area contributed by atoms with Crippen molar-refractivity contribution in [2.45, 2.75) is 0 Å². The van der Waals surface area contributed by atoms with Crippen molar-refractivity contribution in [2.24, 2.45) is 0 Å². The Morgan fingerprint density at radius 2 is 1.41 bits per heavy atom. The van der Waals surface area contributed by atoms with Crippen LogP contribution in [0.5, 0.6) is 5.75 Å². The second kappa shape index (κ2) is 9.85. The highest BCUT2D eigenvalue weighted by molar-refractivity contribution is 6.30. The maximum absolute atomic E-state index is 12.5. The number of aliphatic hydroxyl groups is 1. The van der Waals surface area contributed by atoms with Crippen molar-refractivity contribution in [3.63, 3.8) is 0 Å². The van der Waals surface area contributed by atoms with E-state index in [1.54, 1.807) is 36.4 Å². The number of hydrogen-bond acceptors (Lipinski definition) is 5. The molecular weight excluding hydrogens is 364 g/mol. The van der Waals surface area contributed by atoms with E-state index in [0.29, 0.717) is 22.8 Å². The molecule has 1 aliphatic heterocycles. The van der Waals surface area contributed by atoms with Crippen LogP contribution in [0.15, 0.2) is 48.5 Å². The molecule has 0 radical (unpaired) electrons. The van der Waals surface area contributed by atoms with Crippen molar-refractivity contribution in [1.29, 1.82) is 0 Å². The van der Waals surface area contributed by atoms with Gasteiger partial charge in [-0.2, -0.15) is 0 Å². The summed E-state index contributed by atoms with van der Waals surface area (Å²) in [5.41, 5.74) is 1.25. The third-order valence-electron chi connectivity index (χ3n) is 4.78. The molecule has 2 aromatic carbocycles. The Morgan fingerprint density at radius 3 is 1.96 bits per heavy atom. The van der Waals surface area contributed by atoms with E-state index in [1.807, 2.05) is 12.1 Å². The Bertz CT molecular complexity index is 726. The fraction of sp³-hybridized carbons (Fsp3) is 0.381. The molecule has 1 N–H and O–H groups in total. The molecule has 1 heterocycles. The maximum Gasteiger partial charge on any atom is 0.193 e. The Balaban J connectivity index is 1.44. The molecule has 0 bridgehead atoms. The van der Waals surface area contributed by atoms with E-state index in [-0.39, 0.29) is 12.4 Å². The summed E-state index contributed by atoms with van der Waals surface area (Å²) in [5.74, 6) is 0.737. The molecule has 3 rings (SSSR count). The van der Waals surface area contributed by atoms with E-state index in [4.69, 9.17) is 21.4 Å². The average molecular weight is 389 g/mol. The molecule has 1 saturated heterocycles. The molecule has 1 fully saturated rings. The van der Waals surface area contributed by atoms with Crippen LogP contribution in [0.3, 0.4) is 0 Å². The molecule has 5 nitrogen and oxygen atoms in total. The van der Waals surface area contributed by atoms with Crippen molar-refractivity contribution >= 4 is 17.4 Å². The van der Waals surface area contributed by atoms with Crippen molar-refractivity contribution in [2.75, 3.05) is 52.5 Å². The molecule has 0 aromatic heterocycles. The summed E-state index contributed by atoms with van der Waals surface area (Å²) in [5, 5.41) is 9.60. The minimum Gasteiger partial charge on any atom is -0.492 e. The number of aliphatic hydroxyl groups excluding tert-OH is 1. The molecule has 0 saturated carbocycles. The quantitative estimate of drug-likeness (QED) is 0.704. The van der Waals surface area contributed by atoms with Crippen LogP contribution in [0.25, 0.3) is 0 Å². The summed E-state index contributed by atoms with van der Waals surface area (Å²) in [4.78, 5) is 17.1. The standard InChI is InChI=1S/C21H25ClN2O3/c22-19-5-1-17(2-6-19)21(26)18-3-7-20(8-4-18)27-16-14-24-11-9-23(10-12-24)13-15-25/h1-8,25H,9-16H2. The summed E-state index contributed by atoms with van der Waals surface area (Å²) < 4.78 is 5.82. The fourth-order valence-electron chi connectivity index (χ4n) is 3.14. The Labute approximate surface area is 165 Å². The van der Waals surface area contributed by atoms with Crippen LogP contribution in [-0.2, 0) is 0 Å². The van der Waals surface area contributed by atoms with Gasteiger partial charge in [0.25, 0.3) is 0 Å². The van der Waals surface area contributed by atoms with Crippen molar-refractivity contribution in [1.82, 2.24) is 9.80 Å². The molecule has 0 atom stereocenters. The maximum atomic E-state index is 12.5. The summed E-state index contributed by atoms with van der Waals surface area (Å²) in [6.45, 7) is 6.44. The van der Waals surface area contributed by atoms with Gasteiger partial charge in [0.05, 0.1) is 6.61 Å². The number of carbonyl (C=O) groups excluding carboxylic acids is 1. The predicted octanol–water partition coefficient (Wildman–Crippen LogP) is 2.56. The fourth-order valence-corrected chi connectivity index (χ4v) is 3.27. The Hall–Kier alpha value is -1.92. The number of β-amino-alcohol motifs (C(OH)–C–C–N with tert-alkyl or cyclic N) is 1. The highest BCUT2D eigenvalue weighted by atomic mass is 35.5. The highest BCUT2D eigenvalue weighted by Gasteiger charge is 2.16. The Kier molecular flexibility index (Phi) is 7.24. The van der Waals surface area contributed by atoms with Gasteiger partial charge in [-0.05, 0) is 48.5 Å². The first-order chi connectivity index (χ1) is 13.2. The minimum atomic E-state index is -0.0287. The van der Waals surface area contributed by atoms with E-state index in [2.05, 4.69) is 9.80 Å². The number of nitrogens with zero attached hydrogens (tertiary/aromatic N) is 2. The van der Waals surface area contributed by atoms with E-state index in [0.717, 1.165) is 45.0 Å². The third kappa shape index (κ3) is 5.78. The molecule has 0 amide bonds. The first-order valence-corrected chi connectivity index (χ1v) is 9.62. The van der Waals surface area contributed by atoms with E-state index in [1.165, 1.54) is 0 Å². The van der Waals surface area contributed by atoms with Crippen molar-refractivity contribution in [3.05, 3.63) is 64.7 Å². The van der Waals surface area contributed by atoms with Gasteiger partial charge in [-0.15, -0.1) is 0 Å². The van der Waals surface area contributed by atoms with Crippen LogP contribution in [0.4, 0.5) is 0 Å². The number of benzene rings is 2.